The first-order chi connectivity index (χ1) is 7.45. The molecule has 0 spiro atoms. The summed E-state index contributed by atoms with van der Waals surface area (Å²) in [4.78, 5) is 10.3. The number of carboxylic acid groups (broad SMARTS) is 1. The predicted octanol–water partition coefficient (Wildman–Crippen LogP) is -0.538. The Balaban J connectivity index is 2.42. The number of nitrogens with two attached hydrogens (primary N) is 1. The van der Waals surface area contributed by atoms with E-state index < -0.39 is 16.0 Å². The van der Waals surface area contributed by atoms with Gasteiger partial charge in [0.1, 0.15) is 0 Å². The minimum atomic E-state index is -3.28. The molecule has 0 bridgehead atoms. The second-order valence-corrected chi connectivity index (χ2v) is 6.15. The summed E-state index contributed by atoms with van der Waals surface area (Å²) in [5.41, 5.74) is 5.48. The number of rotatable bonds is 6. The summed E-state index contributed by atoms with van der Waals surface area (Å²) in [5.74, 6) is -0.804. The Labute approximate surface area is 95.5 Å². The van der Waals surface area contributed by atoms with Gasteiger partial charge >= 0.3 is 5.97 Å². The molecule has 1 unspecified atom stereocenters. The van der Waals surface area contributed by atoms with Crippen molar-refractivity contribution in [1.82, 2.24) is 4.31 Å². The topological polar surface area (TPSA) is 101 Å². The van der Waals surface area contributed by atoms with E-state index in [4.69, 9.17) is 10.8 Å². The highest BCUT2D eigenvalue weighted by molar-refractivity contribution is 7.89. The summed E-state index contributed by atoms with van der Waals surface area (Å²) < 4.78 is 25.0. The lowest BCUT2D eigenvalue weighted by atomic mass is 10.1. The summed E-state index contributed by atoms with van der Waals surface area (Å²) in [6, 6.07) is 0. The van der Waals surface area contributed by atoms with Crippen LogP contribution < -0.4 is 5.73 Å². The highest BCUT2D eigenvalue weighted by Gasteiger charge is 2.30. The molecule has 0 amide bonds. The lowest BCUT2D eigenvalue weighted by Crippen LogP contribution is -2.32. The van der Waals surface area contributed by atoms with E-state index in [-0.39, 0.29) is 24.5 Å². The van der Waals surface area contributed by atoms with Crippen LogP contribution in [0.3, 0.4) is 0 Å². The highest BCUT2D eigenvalue weighted by Crippen LogP contribution is 2.19. The number of aliphatic carboxylic acids is 1. The zero-order valence-corrected chi connectivity index (χ0v) is 9.95. The highest BCUT2D eigenvalue weighted by atomic mass is 32.2. The molecule has 1 heterocycles. The largest absolute Gasteiger partial charge is 0.481 e. The SMILES string of the molecule is NCC1CCN(S(=O)(=O)CCCC(=O)O)C1. The molecule has 0 radical (unpaired) electrons. The molecule has 16 heavy (non-hydrogen) atoms. The summed E-state index contributed by atoms with van der Waals surface area (Å²) in [6.07, 6.45) is 0.865. The van der Waals surface area contributed by atoms with E-state index in [1.807, 2.05) is 0 Å². The van der Waals surface area contributed by atoms with Gasteiger partial charge in [0.15, 0.2) is 0 Å². The van der Waals surface area contributed by atoms with Crippen LogP contribution in [0.4, 0.5) is 0 Å². The van der Waals surface area contributed by atoms with Gasteiger partial charge in [-0.2, -0.15) is 0 Å². The number of hydrogen-bond donors (Lipinski definition) is 2. The molecule has 7 heteroatoms. The molecule has 1 aliphatic rings. The molecule has 94 valence electrons. The van der Waals surface area contributed by atoms with E-state index in [1.165, 1.54) is 4.31 Å². The van der Waals surface area contributed by atoms with Gasteiger partial charge in [-0.05, 0) is 25.3 Å². The fraction of sp³-hybridized carbons (Fsp3) is 0.889. The fourth-order valence-corrected chi connectivity index (χ4v) is 3.37. The monoisotopic (exact) mass is 250 g/mol. The third-order valence-corrected chi connectivity index (χ3v) is 4.69. The Bertz CT molecular complexity index is 341. The van der Waals surface area contributed by atoms with Gasteiger partial charge in [-0.3, -0.25) is 4.79 Å². The molecule has 0 aromatic rings. The van der Waals surface area contributed by atoms with Gasteiger partial charge in [-0.1, -0.05) is 0 Å². The molecule has 1 saturated heterocycles. The van der Waals surface area contributed by atoms with Gasteiger partial charge < -0.3 is 10.8 Å². The van der Waals surface area contributed by atoms with Crippen molar-refractivity contribution in [3.8, 4) is 0 Å². The van der Waals surface area contributed by atoms with E-state index in [9.17, 15) is 13.2 Å². The summed E-state index contributed by atoms with van der Waals surface area (Å²) in [5, 5.41) is 8.43. The maximum absolute atomic E-state index is 11.8. The van der Waals surface area contributed by atoms with Gasteiger partial charge in [-0.25, -0.2) is 12.7 Å². The van der Waals surface area contributed by atoms with Crippen LogP contribution in [0.1, 0.15) is 19.3 Å². The molecular weight excluding hydrogens is 232 g/mol. The number of carboxylic acids is 1. The zero-order chi connectivity index (χ0) is 12.2. The molecular formula is C9H18N2O4S. The predicted molar refractivity (Wildman–Crippen MR) is 59.4 cm³/mol. The first-order valence-corrected chi connectivity index (χ1v) is 6.96. The van der Waals surface area contributed by atoms with E-state index in [0.717, 1.165) is 6.42 Å². The number of nitrogens with zero attached hydrogens (tertiary/aromatic N) is 1. The van der Waals surface area contributed by atoms with Crippen LogP contribution in [0.25, 0.3) is 0 Å². The third kappa shape index (κ3) is 3.73. The van der Waals surface area contributed by atoms with E-state index in [1.54, 1.807) is 0 Å². The van der Waals surface area contributed by atoms with Crippen molar-refractivity contribution >= 4 is 16.0 Å². The smallest absolute Gasteiger partial charge is 0.303 e. The van der Waals surface area contributed by atoms with Crippen LogP contribution >= 0.6 is 0 Å². The van der Waals surface area contributed by atoms with Gasteiger partial charge in [0.2, 0.25) is 10.0 Å². The molecule has 0 aromatic heterocycles. The Morgan fingerprint density at radius 2 is 2.19 bits per heavy atom. The average Bonchev–Trinajstić information content (AvgIpc) is 2.65. The molecule has 0 saturated carbocycles. The molecule has 0 aromatic carbocycles. The van der Waals surface area contributed by atoms with Crippen LogP contribution in [-0.4, -0.2) is 49.2 Å². The normalized spacial score (nSPS) is 22.4. The Morgan fingerprint density at radius 3 is 2.69 bits per heavy atom. The standard InChI is InChI=1S/C9H18N2O4S/c10-6-8-3-4-11(7-8)16(14,15)5-1-2-9(12)13/h8H,1-7,10H2,(H,12,13). The van der Waals surface area contributed by atoms with Crippen LogP contribution in [0.15, 0.2) is 0 Å². The minimum Gasteiger partial charge on any atom is -0.481 e. The summed E-state index contributed by atoms with van der Waals surface area (Å²) >= 11 is 0. The van der Waals surface area contributed by atoms with Crippen molar-refractivity contribution in [2.45, 2.75) is 19.3 Å². The molecule has 0 aliphatic carbocycles. The van der Waals surface area contributed by atoms with Crippen molar-refractivity contribution in [2.75, 3.05) is 25.4 Å². The first-order valence-electron chi connectivity index (χ1n) is 5.35. The maximum atomic E-state index is 11.8. The number of hydrogen-bond acceptors (Lipinski definition) is 4. The van der Waals surface area contributed by atoms with E-state index in [0.29, 0.717) is 19.6 Å². The minimum absolute atomic E-state index is 0.0867. The summed E-state index contributed by atoms with van der Waals surface area (Å²) in [7, 11) is -3.28. The maximum Gasteiger partial charge on any atom is 0.303 e. The molecule has 1 fully saturated rings. The quantitative estimate of drug-likeness (QED) is 0.659. The van der Waals surface area contributed by atoms with Gasteiger partial charge in [0.25, 0.3) is 0 Å². The molecule has 1 rings (SSSR count). The van der Waals surface area contributed by atoms with Crippen molar-refractivity contribution in [3.63, 3.8) is 0 Å². The van der Waals surface area contributed by atoms with Gasteiger partial charge in [-0.15, -0.1) is 0 Å². The number of carbonyl (C=O) groups is 1. The van der Waals surface area contributed by atoms with Crippen molar-refractivity contribution in [1.29, 1.82) is 0 Å². The van der Waals surface area contributed by atoms with Crippen molar-refractivity contribution in [2.24, 2.45) is 11.7 Å². The molecule has 1 atom stereocenters. The molecule has 1 aliphatic heterocycles. The Kier molecular flexibility index (Phi) is 4.69. The average molecular weight is 250 g/mol. The fourth-order valence-electron chi connectivity index (χ4n) is 1.78. The van der Waals surface area contributed by atoms with Gasteiger partial charge in [0.05, 0.1) is 5.75 Å². The van der Waals surface area contributed by atoms with Crippen molar-refractivity contribution in [3.05, 3.63) is 0 Å². The molecule has 6 nitrogen and oxygen atoms in total. The zero-order valence-electron chi connectivity index (χ0n) is 9.13. The number of sulfonamides is 1. The Hall–Kier alpha value is -0.660. The summed E-state index contributed by atoms with van der Waals surface area (Å²) in [6.45, 7) is 1.49. The van der Waals surface area contributed by atoms with Crippen LogP contribution in [-0.2, 0) is 14.8 Å². The second-order valence-electron chi connectivity index (χ2n) is 4.06. The van der Waals surface area contributed by atoms with Crippen LogP contribution in [0.5, 0.6) is 0 Å². The third-order valence-electron chi connectivity index (χ3n) is 2.77. The van der Waals surface area contributed by atoms with Gasteiger partial charge in [0, 0.05) is 19.5 Å². The van der Waals surface area contributed by atoms with Crippen molar-refractivity contribution < 1.29 is 18.3 Å². The molecule has 3 N–H and O–H groups in total. The van der Waals surface area contributed by atoms with Crippen LogP contribution in [0, 0.1) is 5.92 Å². The second kappa shape index (κ2) is 5.60. The lowest BCUT2D eigenvalue weighted by molar-refractivity contribution is -0.137. The van der Waals surface area contributed by atoms with E-state index in [2.05, 4.69) is 0 Å². The lowest BCUT2D eigenvalue weighted by Gasteiger charge is -2.15. The first kappa shape index (κ1) is 13.4. The van der Waals surface area contributed by atoms with Crippen LogP contribution in [0.2, 0.25) is 0 Å². The Morgan fingerprint density at radius 1 is 1.50 bits per heavy atom. The van der Waals surface area contributed by atoms with E-state index >= 15 is 0 Å².